The average Bonchev–Trinajstić information content (AvgIpc) is 3.07. The van der Waals surface area contributed by atoms with Gasteiger partial charge in [0.1, 0.15) is 17.5 Å². The van der Waals surface area contributed by atoms with Crippen LogP contribution in [0.1, 0.15) is 27.2 Å². The Morgan fingerprint density at radius 2 is 1.90 bits per heavy atom. The van der Waals surface area contributed by atoms with Gasteiger partial charge in [0.05, 0.1) is 37.5 Å². The zero-order chi connectivity index (χ0) is 21.7. The number of nitrogens with one attached hydrogen (secondary N) is 1. The summed E-state index contributed by atoms with van der Waals surface area (Å²) >= 11 is 6.20. The van der Waals surface area contributed by atoms with Crippen molar-refractivity contribution in [2.24, 2.45) is 11.8 Å². The van der Waals surface area contributed by atoms with Gasteiger partial charge in [-0.3, -0.25) is 9.59 Å². The van der Waals surface area contributed by atoms with E-state index in [0.29, 0.717) is 22.2 Å². The van der Waals surface area contributed by atoms with Crippen molar-refractivity contribution in [2.45, 2.75) is 33.2 Å². The maximum Gasteiger partial charge on any atom is 0.328 e. The lowest BCUT2D eigenvalue weighted by atomic mass is 10.0. The van der Waals surface area contributed by atoms with E-state index in [4.69, 9.17) is 25.8 Å². The molecule has 1 aromatic carbocycles. The molecule has 0 spiro atoms. The number of esters is 1. The molecule has 1 saturated heterocycles. The summed E-state index contributed by atoms with van der Waals surface area (Å²) in [7, 11) is 2.96. The van der Waals surface area contributed by atoms with Crippen LogP contribution in [-0.4, -0.2) is 51.2 Å². The second-order valence-corrected chi connectivity index (χ2v) is 7.45. The highest BCUT2D eigenvalue weighted by atomic mass is 35.5. The topological polar surface area (TPSA) is 94.2 Å². The molecule has 1 N–H and O–H groups in total. The fourth-order valence-corrected chi connectivity index (χ4v) is 3.41. The van der Waals surface area contributed by atoms with Crippen LogP contribution in [-0.2, 0) is 19.1 Å². The average molecular weight is 427 g/mol. The number of nitrogens with zero attached hydrogens (tertiary/aromatic N) is 1. The van der Waals surface area contributed by atoms with Crippen molar-refractivity contribution in [1.82, 2.24) is 5.32 Å². The van der Waals surface area contributed by atoms with E-state index in [-0.39, 0.29) is 37.3 Å². The number of ether oxygens (including phenoxy) is 3. The van der Waals surface area contributed by atoms with Crippen molar-refractivity contribution in [3.05, 3.63) is 17.2 Å². The number of carbonyl (C=O) groups is 3. The van der Waals surface area contributed by atoms with E-state index in [9.17, 15) is 14.4 Å². The molecule has 2 rings (SSSR count). The molecule has 0 saturated carbocycles. The lowest BCUT2D eigenvalue weighted by Crippen LogP contribution is -2.47. The number of halogens is 1. The molecule has 0 aliphatic carbocycles. The quantitative estimate of drug-likeness (QED) is 0.641. The number of hydrogen-bond acceptors (Lipinski definition) is 6. The summed E-state index contributed by atoms with van der Waals surface area (Å²) in [6.45, 7) is 5.72. The maximum absolute atomic E-state index is 12.7. The highest BCUT2D eigenvalue weighted by molar-refractivity contribution is 6.32. The van der Waals surface area contributed by atoms with Crippen molar-refractivity contribution in [1.29, 1.82) is 0 Å². The normalized spacial score (nSPS) is 17.3. The molecular formula is C20H27ClN2O6. The van der Waals surface area contributed by atoms with E-state index >= 15 is 0 Å². The van der Waals surface area contributed by atoms with Crippen LogP contribution in [0.4, 0.5) is 5.69 Å². The van der Waals surface area contributed by atoms with Crippen LogP contribution in [0.15, 0.2) is 12.1 Å². The fourth-order valence-electron chi connectivity index (χ4n) is 3.17. The van der Waals surface area contributed by atoms with Gasteiger partial charge in [-0.05, 0) is 18.9 Å². The Morgan fingerprint density at radius 3 is 2.45 bits per heavy atom. The number of hydrogen-bond donors (Lipinski definition) is 1. The number of methoxy groups -OCH3 is 2. The largest absolute Gasteiger partial charge is 0.495 e. The molecule has 1 fully saturated rings. The molecule has 160 valence electrons. The lowest BCUT2D eigenvalue weighted by Gasteiger charge is -2.23. The van der Waals surface area contributed by atoms with Crippen LogP contribution < -0.4 is 19.7 Å². The number of carbonyl (C=O) groups excluding carboxylic acids is 3. The first-order valence-electron chi connectivity index (χ1n) is 9.42. The van der Waals surface area contributed by atoms with Gasteiger partial charge in [0.2, 0.25) is 11.8 Å². The minimum Gasteiger partial charge on any atom is -0.495 e. The van der Waals surface area contributed by atoms with E-state index in [1.165, 1.54) is 19.1 Å². The summed E-state index contributed by atoms with van der Waals surface area (Å²) in [4.78, 5) is 38.9. The van der Waals surface area contributed by atoms with E-state index < -0.39 is 17.9 Å². The van der Waals surface area contributed by atoms with Gasteiger partial charge in [-0.2, -0.15) is 0 Å². The third kappa shape index (κ3) is 5.12. The van der Waals surface area contributed by atoms with Crippen molar-refractivity contribution < 1.29 is 28.6 Å². The Labute approximate surface area is 175 Å². The summed E-state index contributed by atoms with van der Waals surface area (Å²) in [6, 6.07) is 2.40. The summed E-state index contributed by atoms with van der Waals surface area (Å²) in [5.41, 5.74) is 0.462. The molecule has 2 atom stereocenters. The van der Waals surface area contributed by atoms with E-state index in [1.807, 2.05) is 13.8 Å². The molecule has 9 heteroatoms. The summed E-state index contributed by atoms with van der Waals surface area (Å²) in [5.74, 6) is -1.01. The second-order valence-electron chi connectivity index (χ2n) is 7.05. The zero-order valence-electron chi connectivity index (χ0n) is 17.3. The second kappa shape index (κ2) is 9.82. The van der Waals surface area contributed by atoms with Crippen LogP contribution in [0.2, 0.25) is 5.02 Å². The van der Waals surface area contributed by atoms with Gasteiger partial charge < -0.3 is 24.4 Å². The third-order valence-electron chi connectivity index (χ3n) is 4.74. The smallest absolute Gasteiger partial charge is 0.328 e. The predicted molar refractivity (Wildman–Crippen MR) is 108 cm³/mol. The summed E-state index contributed by atoms with van der Waals surface area (Å²) in [5, 5.41) is 3.05. The minimum absolute atomic E-state index is 0.0201. The molecule has 8 nitrogen and oxygen atoms in total. The Balaban J connectivity index is 2.19. The van der Waals surface area contributed by atoms with Crippen molar-refractivity contribution in [2.75, 3.05) is 32.3 Å². The van der Waals surface area contributed by atoms with Crippen molar-refractivity contribution in [3.63, 3.8) is 0 Å². The van der Waals surface area contributed by atoms with Crippen LogP contribution in [0.5, 0.6) is 11.5 Å². The molecule has 1 heterocycles. The molecule has 0 bridgehead atoms. The lowest BCUT2D eigenvalue weighted by molar-refractivity contribution is -0.149. The first-order chi connectivity index (χ1) is 13.7. The van der Waals surface area contributed by atoms with E-state index in [2.05, 4.69) is 5.32 Å². The number of anilines is 1. The van der Waals surface area contributed by atoms with Crippen LogP contribution in [0.25, 0.3) is 0 Å². The SMILES string of the molecule is CCOC(=O)C(NC(=O)C1CC(=O)N(c2cc(Cl)c(OC)cc2OC)C1)C(C)C. The van der Waals surface area contributed by atoms with Gasteiger partial charge in [0.25, 0.3) is 0 Å². The van der Waals surface area contributed by atoms with Crippen molar-refractivity contribution in [3.8, 4) is 11.5 Å². The van der Waals surface area contributed by atoms with Crippen LogP contribution in [0, 0.1) is 11.8 Å². The molecule has 0 aromatic heterocycles. The first-order valence-corrected chi connectivity index (χ1v) is 9.80. The third-order valence-corrected chi connectivity index (χ3v) is 5.04. The highest BCUT2D eigenvalue weighted by Gasteiger charge is 2.38. The molecule has 1 aliphatic rings. The summed E-state index contributed by atoms with van der Waals surface area (Å²) < 4.78 is 15.6. The molecule has 2 amide bonds. The molecule has 0 radical (unpaired) electrons. The highest BCUT2D eigenvalue weighted by Crippen LogP contribution is 2.40. The van der Waals surface area contributed by atoms with E-state index in [1.54, 1.807) is 19.1 Å². The van der Waals surface area contributed by atoms with E-state index in [0.717, 1.165) is 0 Å². The monoisotopic (exact) mass is 426 g/mol. The molecule has 2 unspecified atom stereocenters. The van der Waals surface area contributed by atoms with Gasteiger partial charge in [-0.25, -0.2) is 4.79 Å². The Bertz CT molecular complexity index is 782. The first kappa shape index (κ1) is 22.8. The fraction of sp³-hybridized carbons (Fsp3) is 0.550. The number of benzene rings is 1. The van der Waals surface area contributed by atoms with Gasteiger partial charge >= 0.3 is 5.97 Å². The molecule has 1 aromatic rings. The van der Waals surface area contributed by atoms with Crippen LogP contribution >= 0.6 is 11.6 Å². The Morgan fingerprint density at radius 1 is 1.24 bits per heavy atom. The number of amides is 2. The van der Waals surface area contributed by atoms with Gasteiger partial charge in [0.15, 0.2) is 0 Å². The van der Waals surface area contributed by atoms with Gasteiger partial charge in [-0.1, -0.05) is 25.4 Å². The standard InChI is InChI=1S/C20H27ClN2O6/c1-6-29-20(26)18(11(2)3)22-19(25)12-7-17(24)23(10-12)14-8-13(21)15(27-4)9-16(14)28-5/h8-9,11-12,18H,6-7,10H2,1-5H3,(H,22,25). The maximum atomic E-state index is 12.7. The predicted octanol–water partition coefficient (Wildman–Crippen LogP) is 2.41. The van der Waals surface area contributed by atoms with Crippen LogP contribution in [0.3, 0.4) is 0 Å². The van der Waals surface area contributed by atoms with Gasteiger partial charge in [0, 0.05) is 19.0 Å². The zero-order valence-corrected chi connectivity index (χ0v) is 18.0. The molecular weight excluding hydrogens is 400 g/mol. The molecule has 1 aliphatic heterocycles. The Hall–Kier alpha value is -2.48. The Kier molecular flexibility index (Phi) is 7.73. The summed E-state index contributed by atoms with van der Waals surface area (Å²) in [6.07, 6.45) is 0.0201. The minimum atomic E-state index is -0.767. The van der Waals surface area contributed by atoms with Crippen molar-refractivity contribution >= 4 is 35.1 Å². The number of rotatable bonds is 8. The molecule has 29 heavy (non-hydrogen) atoms. The van der Waals surface area contributed by atoms with Gasteiger partial charge in [-0.15, -0.1) is 0 Å².